The first-order chi connectivity index (χ1) is 16.9. The number of aromatic nitrogens is 3. The summed E-state index contributed by atoms with van der Waals surface area (Å²) in [6.07, 6.45) is 0. The first kappa shape index (κ1) is 30.1. The Bertz CT molecular complexity index is 1240. The lowest BCUT2D eigenvalue weighted by atomic mass is 10.3. The average Bonchev–Trinajstić information content (AvgIpc) is 2.82. The molecular formula is C21H24Cl2N6O7. The number of methoxy groups -OCH3 is 3. The maximum absolute atomic E-state index is 10.4. The lowest BCUT2D eigenvalue weighted by molar-refractivity contribution is -0.385. The summed E-state index contributed by atoms with van der Waals surface area (Å²) < 4.78 is 14.5. The van der Waals surface area contributed by atoms with Gasteiger partial charge in [0.25, 0.3) is 11.4 Å². The van der Waals surface area contributed by atoms with E-state index in [0.717, 1.165) is 5.69 Å². The highest BCUT2D eigenvalue weighted by atomic mass is 35.5. The van der Waals surface area contributed by atoms with Crippen LogP contribution in [-0.4, -0.2) is 46.1 Å². The van der Waals surface area contributed by atoms with Crippen LogP contribution in [-0.2, 0) is 0 Å². The van der Waals surface area contributed by atoms with Gasteiger partial charge >= 0.3 is 0 Å². The zero-order chi connectivity index (χ0) is 27.6. The summed E-state index contributed by atoms with van der Waals surface area (Å²) in [6, 6.07) is 5.69. The third kappa shape index (κ3) is 8.36. The van der Waals surface area contributed by atoms with Crippen LogP contribution in [0.1, 0.15) is 17.1 Å². The van der Waals surface area contributed by atoms with E-state index in [1.807, 2.05) is 0 Å². The number of nitro groups is 2. The molecule has 3 rings (SSSR count). The second-order valence-electron chi connectivity index (χ2n) is 6.71. The highest BCUT2D eigenvalue weighted by Crippen LogP contribution is 2.28. The fourth-order valence-electron chi connectivity index (χ4n) is 2.43. The summed E-state index contributed by atoms with van der Waals surface area (Å²) in [5.74, 6) is 1.00. The summed E-state index contributed by atoms with van der Waals surface area (Å²) in [6.45, 7) is 4.89. The number of ether oxygens (including phenoxy) is 3. The maximum atomic E-state index is 10.4. The van der Waals surface area contributed by atoms with Crippen LogP contribution in [0.5, 0.6) is 17.6 Å². The highest BCUT2D eigenvalue weighted by molar-refractivity contribution is 6.32. The van der Waals surface area contributed by atoms with Crippen LogP contribution in [0.4, 0.5) is 17.1 Å². The molecule has 3 heterocycles. The predicted molar refractivity (Wildman–Crippen MR) is 134 cm³/mol. The minimum Gasteiger partial charge on any atom is -0.481 e. The molecular weight excluding hydrogens is 519 g/mol. The maximum Gasteiger partial charge on any atom is 0.292 e. The van der Waals surface area contributed by atoms with Gasteiger partial charge in [0.2, 0.25) is 17.6 Å². The number of aryl methyl sites for hydroxylation is 3. The minimum atomic E-state index is -0.534. The Morgan fingerprint density at radius 1 is 0.750 bits per heavy atom. The van der Waals surface area contributed by atoms with Crippen molar-refractivity contribution in [2.24, 2.45) is 0 Å². The summed E-state index contributed by atoms with van der Waals surface area (Å²) in [4.78, 5) is 31.5. The summed E-state index contributed by atoms with van der Waals surface area (Å²) in [5, 5.41) is 21.4. The van der Waals surface area contributed by atoms with Crippen LogP contribution >= 0.6 is 23.2 Å². The normalized spacial score (nSPS) is 9.67. The van der Waals surface area contributed by atoms with Gasteiger partial charge in [0.15, 0.2) is 0 Å². The van der Waals surface area contributed by atoms with E-state index in [1.54, 1.807) is 19.9 Å². The molecule has 15 heteroatoms. The van der Waals surface area contributed by atoms with Gasteiger partial charge in [-0.15, -0.1) is 0 Å². The minimum absolute atomic E-state index is 0.0100. The lowest BCUT2D eigenvalue weighted by Gasteiger charge is -2.04. The molecule has 0 atom stereocenters. The monoisotopic (exact) mass is 542 g/mol. The van der Waals surface area contributed by atoms with Crippen molar-refractivity contribution >= 4 is 40.3 Å². The number of nitrogen functional groups attached to an aromatic ring is 1. The third-order valence-electron chi connectivity index (χ3n) is 4.30. The standard InChI is InChI=1S/C7H7ClN2O3.C7H9ClN2O.C7H8N2O3/c1-4-6(10(11)12)3-5(8)7(9-4)13-2;1-4-6(9)3-5(8)7(10-4)11-2;1-5-6(9(10)11)3-4-7(8-5)12-2/h3H,1-2H3;3H,9H2,1-2H3;3-4H,1-2H3. The van der Waals surface area contributed by atoms with E-state index in [9.17, 15) is 20.2 Å². The Balaban J connectivity index is 0.000000271. The molecule has 0 unspecified atom stereocenters. The van der Waals surface area contributed by atoms with Gasteiger partial charge < -0.3 is 19.9 Å². The molecule has 0 spiro atoms. The van der Waals surface area contributed by atoms with Gasteiger partial charge in [-0.1, -0.05) is 23.2 Å². The van der Waals surface area contributed by atoms with E-state index in [2.05, 4.69) is 15.0 Å². The van der Waals surface area contributed by atoms with Gasteiger partial charge in [-0.25, -0.2) is 15.0 Å². The molecule has 0 radical (unpaired) electrons. The number of hydrogen-bond donors (Lipinski definition) is 1. The predicted octanol–water partition coefficient (Wildman–Crippen LogP) is 4.90. The van der Waals surface area contributed by atoms with Crippen LogP contribution in [0.15, 0.2) is 24.3 Å². The Morgan fingerprint density at radius 2 is 1.22 bits per heavy atom. The molecule has 0 aliphatic rings. The van der Waals surface area contributed by atoms with Gasteiger partial charge in [-0.2, -0.15) is 0 Å². The lowest BCUT2D eigenvalue weighted by Crippen LogP contribution is -1.97. The first-order valence-corrected chi connectivity index (χ1v) is 10.6. The zero-order valence-corrected chi connectivity index (χ0v) is 21.7. The molecule has 0 amide bonds. The average molecular weight is 543 g/mol. The molecule has 0 fully saturated rings. The Kier molecular flexibility index (Phi) is 11.5. The van der Waals surface area contributed by atoms with Crippen molar-refractivity contribution in [1.29, 1.82) is 0 Å². The molecule has 0 aromatic carbocycles. The quantitative estimate of drug-likeness (QED) is 0.342. The van der Waals surface area contributed by atoms with E-state index >= 15 is 0 Å². The molecule has 3 aromatic rings. The second kappa shape index (κ2) is 13.8. The SMILES string of the molecule is COc1ccc([N+](=O)[O-])c(C)n1.COc1nc(C)c(N)cc1Cl.COc1nc(C)c([N+](=O)[O-])cc1Cl. The fraction of sp³-hybridized carbons (Fsp3) is 0.286. The van der Waals surface area contributed by atoms with Crippen LogP contribution in [0.3, 0.4) is 0 Å². The number of nitrogens with two attached hydrogens (primary N) is 1. The molecule has 0 bridgehead atoms. The number of anilines is 1. The van der Waals surface area contributed by atoms with Crippen LogP contribution in [0, 0.1) is 41.0 Å². The topological polar surface area (TPSA) is 179 Å². The zero-order valence-electron chi connectivity index (χ0n) is 20.2. The number of halogens is 2. The Labute approximate surface area is 216 Å². The van der Waals surface area contributed by atoms with E-state index in [-0.39, 0.29) is 28.0 Å². The Morgan fingerprint density at radius 3 is 1.67 bits per heavy atom. The van der Waals surface area contributed by atoms with E-state index in [4.69, 9.17) is 43.1 Å². The fourth-order valence-corrected chi connectivity index (χ4v) is 2.89. The summed E-state index contributed by atoms with van der Waals surface area (Å²) in [5.41, 5.74) is 7.40. The molecule has 3 aromatic heterocycles. The highest BCUT2D eigenvalue weighted by Gasteiger charge is 2.16. The van der Waals surface area contributed by atoms with Crippen molar-refractivity contribution in [2.45, 2.75) is 20.8 Å². The molecule has 13 nitrogen and oxygen atoms in total. The first-order valence-electron chi connectivity index (χ1n) is 9.84. The van der Waals surface area contributed by atoms with Crippen molar-refractivity contribution in [3.05, 3.63) is 71.6 Å². The van der Waals surface area contributed by atoms with Crippen molar-refractivity contribution in [3.63, 3.8) is 0 Å². The summed E-state index contributed by atoms with van der Waals surface area (Å²) >= 11 is 11.4. The van der Waals surface area contributed by atoms with Crippen molar-refractivity contribution in [3.8, 4) is 17.6 Å². The third-order valence-corrected chi connectivity index (χ3v) is 4.84. The smallest absolute Gasteiger partial charge is 0.292 e. The van der Waals surface area contributed by atoms with Gasteiger partial charge in [-0.05, 0) is 26.8 Å². The van der Waals surface area contributed by atoms with Crippen LogP contribution in [0.2, 0.25) is 10.0 Å². The summed E-state index contributed by atoms with van der Waals surface area (Å²) in [7, 11) is 4.39. The molecule has 0 saturated carbocycles. The van der Waals surface area contributed by atoms with Crippen LogP contribution in [0.25, 0.3) is 0 Å². The Hall–Kier alpha value is -3.97. The van der Waals surface area contributed by atoms with Crippen molar-refractivity contribution in [2.75, 3.05) is 27.1 Å². The second-order valence-corrected chi connectivity index (χ2v) is 7.52. The van der Waals surface area contributed by atoms with Gasteiger partial charge in [0.1, 0.15) is 21.4 Å². The molecule has 36 heavy (non-hydrogen) atoms. The van der Waals surface area contributed by atoms with Crippen LogP contribution < -0.4 is 19.9 Å². The van der Waals surface area contributed by atoms with Gasteiger partial charge in [-0.3, -0.25) is 20.2 Å². The number of pyridine rings is 3. The molecule has 0 aliphatic heterocycles. The van der Waals surface area contributed by atoms with Gasteiger partial charge in [0.05, 0.1) is 42.6 Å². The molecule has 2 N–H and O–H groups in total. The number of nitrogens with zero attached hydrogens (tertiary/aromatic N) is 5. The molecule has 0 saturated heterocycles. The largest absolute Gasteiger partial charge is 0.481 e. The molecule has 0 aliphatic carbocycles. The number of rotatable bonds is 5. The van der Waals surface area contributed by atoms with E-state index in [0.29, 0.717) is 28.2 Å². The molecule has 194 valence electrons. The number of hydrogen-bond acceptors (Lipinski definition) is 11. The van der Waals surface area contributed by atoms with Crippen molar-refractivity contribution < 1.29 is 24.1 Å². The van der Waals surface area contributed by atoms with Gasteiger partial charge in [0, 0.05) is 18.2 Å². The van der Waals surface area contributed by atoms with Crippen molar-refractivity contribution in [1.82, 2.24) is 15.0 Å². The van der Waals surface area contributed by atoms with E-state index in [1.165, 1.54) is 46.5 Å². The van der Waals surface area contributed by atoms with E-state index < -0.39 is 9.85 Å².